The van der Waals surface area contributed by atoms with Crippen LogP contribution >= 0.6 is 11.3 Å². The molecule has 0 aliphatic carbocycles. The number of nitrogens with zero attached hydrogens (tertiary/aromatic N) is 4. The van der Waals surface area contributed by atoms with E-state index < -0.39 is 16.7 Å². The monoisotopic (exact) mass is 436 g/mol. The molecule has 4 rings (SSSR count). The normalized spacial score (nSPS) is 15.5. The Bertz CT molecular complexity index is 1070. The predicted molar refractivity (Wildman–Crippen MR) is 107 cm³/mol. The zero-order valence-corrected chi connectivity index (χ0v) is 16.7. The number of phenolic OH excluding ortho intramolecular Hbond substituents is 1. The van der Waals surface area contributed by atoms with Gasteiger partial charge in [0.2, 0.25) is 5.95 Å². The summed E-state index contributed by atoms with van der Waals surface area (Å²) in [6, 6.07) is 9.57. The number of phenols is 1. The van der Waals surface area contributed by atoms with Gasteiger partial charge in [0.25, 0.3) is 0 Å². The third-order valence-electron chi connectivity index (χ3n) is 5.16. The topological polar surface area (TPSA) is 71.2 Å². The summed E-state index contributed by atoms with van der Waals surface area (Å²) in [5.74, 6) is 0.939. The third kappa shape index (κ3) is 4.48. The Labute approximate surface area is 174 Å². The first-order valence-electron chi connectivity index (χ1n) is 9.43. The molecule has 158 valence electrons. The highest BCUT2D eigenvalue weighted by molar-refractivity contribution is 7.12. The summed E-state index contributed by atoms with van der Waals surface area (Å²) in [6.45, 7) is 1.38. The smallest absolute Gasteiger partial charge is 0.425 e. The molecule has 3 aromatic rings. The fraction of sp³-hybridized carbons (Fsp3) is 0.350. The molecule has 1 fully saturated rings. The molecule has 6 nitrogen and oxygen atoms in total. The molecule has 1 aromatic carbocycles. The van der Waals surface area contributed by atoms with Crippen molar-refractivity contribution in [2.24, 2.45) is 0 Å². The van der Waals surface area contributed by atoms with Gasteiger partial charge in [-0.2, -0.15) is 18.2 Å². The summed E-state index contributed by atoms with van der Waals surface area (Å²) in [6.07, 6.45) is -1.32. The van der Waals surface area contributed by atoms with E-state index in [1.165, 1.54) is 17.0 Å². The Hall–Kier alpha value is -2.88. The van der Waals surface area contributed by atoms with Crippen molar-refractivity contribution in [1.82, 2.24) is 14.5 Å². The van der Waals surface area contributed by atoms with Crippen LogP contribution in [-0.2, 0) is 12.7 Å². The van der Waals surface area contributed by atoms with Crippen molar-refractivity contribution in [3.63, 3.8) is 0 Å². The summed E-state index contributed by atoms with van der Waals surface area (Å²) in [5, 5.41) is 9.42. The number of benzene rings is 1. The molecule has 0 radical (unpaired) electrons. The van der Waals surface area contributed by atoms with Crippen LogP contribution in [0.3, 0.4) is 0 Å². The van der Waals surface area contributed by atoms with Crippen LogP contribution in [0.1, 0.15) is 34.1 Å². The van der Waals surface area contributed by atoms with Gasteiger partial charge in [0, 0.05) is 18.0 Å². The van der Waals surface area contributed by atoms with Gasteiger partial charge in [0.05, 0.1) is 6.54 Å². The number of rotatable bonds is 4. The number of halogens is 3. The maximum absolute atomic E-state index is 12.7. The van der Waals surface area contributed by atoms with Crippen LogP contribution in [0.4, 0.5) is 19.1 Å². The molecular formula is C20H19F3N4O2S. The van der Waals surface area contributed by atoms with Crippen LogP contribution in [0.25, 0.3) is 0 Å². The van der Waals surface area contributed by atoms with Crippen LogP contribution < -0.4 is 10.6 Å². The van der Waals surface area contributed by atoms with E-state index in [-0.39, 0.29) is 12.3 Å². The Morgan fingerprint density at radius 2 is 1.80 bits per heavy atom. The van der Waals surface area contributed by atoms with Gasteiger partial charge in [0.15, 0.2) is 0 Å². The van der Waals surface area contributed by atoms with E-state index >= 15 is 0 Å². The number of hydrogen-bond donors (Lipinski definition) is 1. The minimum atomic E-state index is -4.39. The highest BCUT2D eigenvalue weighted by Gasteiger charge is 2.32. The number of hydrogen-bond acceptors (Lipinski definition) is 6. The van der Waals surface area contributed by atoms with E-state index in [4.69, 9.17) is 0 Å². The first-order chi connectivity index (χ1) is 14.3. The van der Waals surface area contributed by atoms with E-state index in [2.05, 4.69) is 9.97 Å². The van der Waals surface area contributed by atoms with Crippen LogP contribution in [0.2, 0.25) is 0 Å². The Balaban J connectivity index is 1.40. The lowest BCUT2D eigenvalue weighted by Gasteiger charge is -2.32. The second-order valence-corrected chi connectivity index (χ2v) is 8.35. The first-order valence-corrected chi connectivity index (χ1v) is 10.2. The molecule has 0 unspecified atom stereocenters. The number of aromatic hydroxyl groups is 1. The van der Waals surface area contributed by atoms with E-state index in [0.29, 0.717) is 41.2 Å². The zero-order valence-electron chi connectivity index (χ0n) is 15.8. The average molecular weight is 436 g/mol. The fourth-order valence-corrected chi connectivity index (χ4v) is 4.43. The second-order valence-electron chi connectivity index (χ2n) is 7.18. The maximum atomic E-state index is 12.7. The van der Waals surface area contributed by atoms with E-state index in [9.17, 15) is 23.1 Å². The average Bonchev–Trinajstić information content (AvgIpc) is 3.20. The summed E-state index contributed by atoms with van der Waals surface area (Å²) >= 11 is 0.608. The third-order valence-corrected chi connectivity index (χ3v) is 6.28. The predicted octanol–water partition coefficient (Wildman–Crippen LogP) is 3.86. The van der Waals surface area contributed by atoms with Gasteiger partial charge >= 0.3 is 11.9 Å². The molecule has 1 N–H and O–H groups in total. The SMILES string of the molecule is O=c1nc(N2CCC(c3ccc(O)cc3)CC2)ncn1Cc1ccc(C(F)(F)F)s1. The lowest BCUT2D eigenvalue weighted by atomic mass is 9.89. The molecule has 1 aliphatic heterocycles. The van der Waals surface area contributed by atoms with Crippen molar-refractivity contribution in [2.75, 3.05) is 18.0 Å². The second kappa shape index (κ2) is 8.10. The number of piperidine rings is 1. The van der Waals surface area contributed by atoms with Crippen LogP contribution in [0.15, 0.2) is 47.5 Å². The molecular weight excluding hydrogens is 417 g/mol. The highest BCUT2D eigenvalue weighted by atomic mass is 32.1. The van der Waals surface area contributed by atoms with Gasteiger partial charge in [-0.15, -0.1) is 11.3 Å². The molecule has 10 heteroatoms. The van der Waals surface area contributed by atoms with Gasteiger partial charge in [0.1, 0.15) is 17.0 Å². The van der Waals surface area contributed by atoms with Crippen LogP contribution in [-0.4, -0.2) is 32.7 Å². The quantitative estimate of drug-likeness (QED) is 0.673. The summed E-state index contributed by atoms with van der Waals surface area (Å²) < 4.78 is 39.4. The van der Waals surface area contributed by atoms with Gasteiger partial charge < -0.3 is 10.0 Å². The standard InChI is InChI=1S/C20H19F3N4O2S/c21-20(22,23)17-6-5-16(30-17)11-27-12-24-18(25-19(27)29)26-9-7-14(8-10-26)13-1-3-15(28)4-2-13/h1-6,12,14,28H,7-11H2. The molecule has 0 amide bonds. The van der Waals surface area contributed by atoms with E-state index in [1.54, 1.807) is 12.1 Å². The molecule has 2 aromatic heterocycles. The molecule has 0 saturated carbocycles. The molecule has 30 heavy (non-hydrogen) atoms. The van der Waals surface area contributed by atoms with Crippen LogP contribution in [0, 0.1) is 0 Å². The molecule has 1 saturated heterocycles. The highest BCUT2D eigenvalue weighted by Crippen LogP contribution is 2.34. The molecule has 0 atom stereocenters. The number of thiophene rings is 1. The summed E-state index contributed by atoms with van der Waals surface area (Å²) in [5.41, 5.74) is 0.626. The number of alkyl halides is 3. The first kappa shape index (κ1) is 20.4. The van der Waals surface area contributed by atoms with Gasteiger partial charge in [-0.1, -0.05) is 12.1 Å². The maximum Gasteiger partial charge on any atom is 0.425 e. The van der Waals surface area contributed by atoms with E-state index in [0.717, 1.165) is 24.5 Å². The largest absolute Gasteiger partial charge is 0.508 e. The Kier molecular flexibility index (Phi) is 5.50. The molecule has 0 bridgehead atoms. The summed E-state index contributed by atoms with van der Waals surface area (Å²) in [4.78, 5) is 22.3. The van der Waals surface area contributed by atoms with Crippen molar-refractivity contribution in [2.45, 2.75) is 31.5 Å². The Morgan fingerprint density at radius 3 is 2.40 bits per heavy atom. The van der Waals surface area contributed by atoms with E-state index in [1.807, 2.05) is 17.0 Å². The zero-order chi connectivity index (χ0) is 21.3. The molecule has 0 spiro atoms. The van der Waals surface area contributed by atoms with Crippen molar-refractivity contribution in [3.8, 4) is 5.75 Å². The molecule has 1 aliphatic rings. The number of anilines is 1. The Morgan fingerprint density at radius 1 is 1.10 bits per heavy atom. The lowest BCUT2D eigenvalue weighted by molar-refractivity contribution is -0.134. The fourth-order valence-electron chi connectivity index (χ4n) is 3.55. The lowest BCUT2D eigenvalue weighted by Crippen LogP contribution is -2.36. The van der Waals surface area contributed by atoms with Gasteiger partial charge in [-0.3, -0.25) is 4.57 Å². The summed E-state index contributed by atoms with van der Waals surface area (Å²) in [7, 11) is 0. The molecule has 3 heterocycles. The van der Waals surface area contributed by atoms with Crippen molar-refractivity contribution in [1.29, 1.82) is 0 Å². The van der Waals surface area contributed by atoms with Gasteiger partial charge in [-0.25, -0.2) is 9.78 Å². The van der Waals surface area contributed by atoms with Crippen LogP contribution in [0.5, 0.6) is 5.75 Å². The van der Waals surface area contributed by atoms with Crippen molar-refractivity contribution >= 4 is 17.3 Å². The minimum Gasteiger partial charge on any atom is -0.508 e. The van der Waals surface area contributed by atoms with Gasteiger partial charge in [-0.05, 0) is 48.6 Å². The minimum absolute atomic E-state index is 0.00276. The van der Waals surface area contributed by atoms with Crippen molar-refractivity contribution in [3.05, 3.63) is 68.5 Å². The van der Waals surface area contributed by atoms with Crippen molar-refractivity contribution < 1.29 is 18.3 Å². The number of aromatic nitrogens is 3.